The van der Waals surface area contributed by atoms with Crippen LogP contribution in [-0.2, 0) is 9.47 Å². The zero-order chi connectivity index (χ0) is 8.39. The van der Waals surface area contributed by atoms with Crippen molar-refractivity contribution < 1.29 is 9.47 Å². The standard InChI is InChI=1S/C7H7ClN2O2/c8-6-5(3-9-4-10-6)7-11-1-2-12-7/h3-4,7H,1-2H2. The first-order chi connectivity index (χ1) is 5.88. The van der Waals surface area contributed by atoms with Crippen LogP contribution in [0.5, 0.6) is 0 Å². The van der Waals surface area contributed by atoms with Gasteiger partial charge in [-0.3, -0.25) is 0 Å². The molecule has 0 atom stereocenters. The fraction of sp³-hybridized carbons (Fsp3) is 0.429. The van der Waals surface area contributed by atoms with Gasteiger partial charge in [-0.05, 0) is 0 Å². The van der Waals surface area contributed by atoms with E-state index in [9.17, 15) is 0 Å². The molecule has 5 heteroatoms. The summed E-state index contributed by atoms with van der Waals surface area (Å²) < 4.78 is 10.5. The molecule has 4 nitrogen and oxygen atoms in total. The molecular formula is C7H7ClN2O2. The minimum Gasteiger partial charge on any atom is -0.346 e. The minimum absolute atomic E-state index is 0.386. The van der Waals surface area contributed by atoms with Crippen molar-refractivity contribution in [2.75, 3.05) is 13.2 Å². The van der Waals surface area contributed by atoms with Gasteiger partial charge in [0.25, 0.3) is 0 Å². The van der Waals surface area contributed by atoms with Crippen LogP contribution in [0, 0.1) is 0 Å². The zero-order valence-corrected chi connectivity index (χ0v) is 6.99. The van der Waals surface area contributed by atoms with Gasteiger partial charge in [0.15, 0.2) is 6.29 Å². The molecule has 2 heterocycles. The number of ether oxygens (including phenoxy) is 2. The molecule has 12 heavy (non-hydrogen) atoms. The van der Waals surface area contributed by atoms with Gasteiger partial charge in [-0.15, -0.1) is 0 Å². The average Bonchev–Trinajstić information content (AvgIpc) is 2.57. The number of aromatic nitrogens is 2. The second-order valence-electron chi connectivity index (χ2n) is 2.34. The van der Waals surface area contributed by atoms with Gasteiger partial charge < -0.3 is 9.47 Å². The monoisotopic (exact) mass is 186 g/mol. The van der Waals surface area contributed by atoms with E-state index in [1.54, 1.807) is 6.20 Å². The van der Waals surface area contributed by atoms with Crippen molar-refractivity contribution >= 4 is 11.6 Å². The molecule has 1 aromatic rings. The largest absolute Gasteiger partial charge is 0.346 e. The van der Waals surface area contributed by atoms with Crippen LogP contribution in [0.2, 0.25) is 5.15 Å². The van der Waals surface area contributed by atoms with Crippen LogP contribution < -0.4 is 0 Å². The molecule has 1 fully saturated rings. The molecule has 1 aliphatic rings. The van der Waals surface area contributed by atoms with Crippen molar-refractivity contribution in [3.8, 4) is 0 Å². The second-order valence-corrected chi connectivity index (χ2v) is 2.70. The second kappa shape index (κ2) is 3.35. The highest BCUT2D eigenvalue weighted by Crippen LogP contribution is 2.26. The molecular weight excluding hydrogens is 180 g/mol. The molecule has 0 unspecified atom stereocenters. The molecule has 1 aliphatic heterocycles. The highest BCUT2D eigenvalue weighted by molar-refractivity contribution is 6.30. The molecule has 0 aromatic carbocycles. The number of hydrogen-bond acceptors (Lipinski definition) is 4. The van der Waals surface area contributed by atoms with E-state index >= 15 is 0 Å². The Kier molecular flexibility index (Phi) is 2.21. The van der Waals surface area contributed by atoms with E-state index in [0.29, 0.717) is 23.9 Å². The Hall–Kier alpha value is -0.710. The highest BCUT2D eigenvalue weighted by Gasteiger charge is 2.21. The van der Waals surface area contributed by atoms with Gasteiger partial charge >= 0.3 is 0 Å². The molecule has 0 N–H and O–H groups in total. The van der Waals surface area contributed by atoms with E-state index in [1.165, 1.54) is 6.33 Å². The van der Waals surface area contributed by atoms with E-state index in [1.807, 2.05) is 0 Å². The molecule has 0 aliphatic carbocycles. The Morgan fingerprint density at radius 2 is 2.17 bits per heavy atom. The molecule has 1 saturated heterocycles. The lowest BCUT2D eigenvalue weighted by molar-refractivity contribution is -0.0445. The summed E-state index contributed by atoms with van der Waals surface area (Å²) in [5.74, 6) is 0. The molecule has 2 rings (SSSR count). The summed E-state index contributed by atoms with van der Waals surface area (Å²) in [6, 6.07) is 0. The van der Waals surface area contributed by atoms with E-state index in [-0.39, 0.29) is 0 Å². The van der Waals surface area contributed by atoms with Gasteiger partial charge in [0.05, 0.1) is 18.8 Å². The quantitative estimate of drug-likeness (QED) is 0.618. The van der Waals surface area contributed by atoms with Crippen LogP contribution in [0.1, 0.15) is 11.9 Å². The van der Waals surface area contributed by atoms with Crippen LogP contribution >= 0.6 is 11.6 Å². The van der Waals surface area contributed by atoms with Gasteiger partial charge in [0, 0.05) is 6.20 Å². The van der Waals surface area contributed by atoms with Crippen LogP contribution in [-0.4, -0.2) is 23.2 Å². The van der Waals surface area contributed by atoms with Crippen molar-refractivity contribution in [2.45, 2.75) is 6.29 Å². The van der Waals surface area contributed by atoms with Gasteiger partial charge in [-0.1, -0.05) is 11.6 Å². The summed E-state index contributed by atoms with van der Waals surface area (Å²) in [6.45, 7) is 1.19. The van der Waals surface area contributed by atoms with Gasteiger partial charge in [0.1, 0.15) is 11.5 Å². The van der Waals surface area contributed by atoms with Crippen molar-refractivity contribution in [2.24, 2.45) is 0 Å². The molecule has 0 saturated carbocycles. The molecule has 0 radical (unpaired) electrons. The summed E-state index contributed by atoms with van der Waals surface area (Å²) >= 11 is 5.79. The normalized spacial score (nSPS) is 18.4. The summed E-state index contributed by atoms with van der Waals surface area (Å²) in [6.07, 6.45) is 2.60. The van der Waals surface area contributed by atoms with Gasteiger partial charge in [0.2, 0.25) is 0 Å². The Morgan fingerprint density at radius 3 is 2.83 bits per heavy atom. The summed E-state index contributed by atoms with van der Waals surface area (Å²) in [4.78, 5) is 7.65. The molecule has 0 spiro atoms. The molecule has 0 bridgehead atoms. The Bertz CT molecular complexity index is 276. The third-order valence-corrected chi connectivity index (χ3v) is 1.88. The van der Waals surface area contributed by atoms with Crippen molar-refractivity contribution in [1.29, 1.82) is 0 Å². The predicted octanol–water partition coefficient (Wildman–Crippen LogP) is 1.18. The van der Waals surface area contributed by atoms with Gasteiger partial charge in [-0.2, -0.15) is 0 Å². The minimum atomic E-state index is -0.390. The molecule has 0 amide bonds. The third-order valence-electron chi connectivity index (χ3n) is 1.57. The van der Waals surface area contributed by atoms with Gasteiger partial charge in [-0.25, -0.2) is 9.97 Å². The number of nitrogens with zero attached hydrogens (tertiary/aromatic N) is 2. The van der Waals surface area contributed by atoms with Crippen LogP contribution in [0.25, 0.3) is 0 Å². The lowest BCUT2D eigenvalue weighted by Crippen LogP contribution is -2.00. The number of hydrogen-bond donors (Lipinski definition) is 0. The molecule has 64 valence electrons. The summed E-state index contributed by atoms with van der Waals surface area (Å²) in [5.41, 5.74) is 0.691. The van der Waals surface area contributed by atoms with E-state index in [2.05, 4.69) is 9.97 Å². The van der Waals surface area contributed by atoms with Crippen LogP contribution in [0.15, 0.2) is 12.5 Å². The smallest absolute Gasteiger partial charge is 0.188 e. The maximum absolute atomic E-state index is 5.79. The maximum atomic E-state index is 5.79. The first-order valence-electron chi connectivity index (χ1n) is 3.56. The van der Waals surface area contributed by atoms with E-state index < -0.39 is 6.29 Å². The van der Waals surface area contributed by atoms with E-state index in [4.69, 9.17) is 21.1 Å². The topological polar surface area (TPSA) is 44.2 Å². The first-order valence-corrected chi connectivity index (χ1v) is 3.94. The summed E-state index contributed by atoms with van der Waals surface area (Å²) in [5, 5.41) is 0.386. The zero-order valence-electron chi connectivity index (χ0n) is 6.24. The number of rotatable bonds is 1. The fourth-order valence-electron chi connectivity index (χ4n) is 1.02. The first kappa shape index (κ1) is 7.91. The fourth-order valence-corrected chi connectivity index (χ4v) is 1.20. The van der Waals surface area contributed by atoms with Crippen LogP contribution in [0.4, 0.5) is 0 Å². The average molecular weight is 187 g/mol. The van der Waals surface area contributed by atoms with Crippen molar-refractivity contribution in [3.05, 3.63) is 23.2 Å². The Morgan fingerprint density at radius 1 is 1.42 bits per heavy atom. The maximum Gasteiger partial charge on any atom is 0.188 e. The predicted molar refractivity (Wildman–Crippen MR) is 41.7 cm³/mol. The van der Waals surface area contributed by atoms with E-state index in [0.717, 1.165) is 0 Å². The third kappa shape index (κ3) is 1.41. The Balaban J connectivity index is 2.26. The highest BCUT2D eigenvalue weighted by atomic mass is 35.5. The SMILES string of the molecule is Clc1ncncc1C1OCCO1. The molecule has 1 aromatic heterocycles. The van der Waals surface area contributed by atoms with Crippen molar-refractivity contribution in [1.82, 2.24) is 9.97 Å². The van der Waals surface area contributed by atoms with Crippen molar-refractivity contribution in [3.63, 3.8) is 0 Å². The number of halogens is 1. The Labute approximate surface area is 74.5 Å². The lowest BCUT2D eigenvalue weighted by atomic mass is 10.3. The summed E-state index contributed by atoms with van der Waals surface area (Å²) in [7, 11) is 0. The lowest BCUT2D eigenvalue weighted by Gasteiger charge is -2.08. The van der Waals surface area contributed by atoms with Crippen LogP contribution in [0.3, 0.4) is 0 Å².